The van der Waals surface area contributed by atoms with Gasteiger partial charge in [0, 0.05) is 6.04 Å². The number of amides is 1. The van der Waals surface area contributed by atoms with E-state index in [1.165, 1.54) is 6.26 Å². The van der Waals surface area contributed by atoms with E-state index in [4.69, 9.17) is 16.6 Å². The van der Waals surface area contributed by atoms with Crippen LogP contribution in [-0.2, 0) is 0 Å². The van der Waals surface area contributed by atoms with Crippen LogP contribution in [-0.4, -0.2) is 17.1 Å². The molecule has 0 unspecified atom stereocenters. The van der Waals surface area contributed by atoms with Crippen molar-refractivity contribution < 1.29 is 9.21 Å². The highest BCUT2D eigenvalue weighted by Crippen LogP contribution is 1.98. The Kier molecular flexibility index (Phi) is 3.64. The first kappa shape index (κ1) is 10.7. The van der Waals surface area contributed by atoms with E-state index < -0.39 is 0 Å². The monoisotopic (exact) mass is 212 g/mol. The number of hydrogen-bond acceptors (Lipinski definition) is 3. The largest absolute Gasteiger partial charge is 0.459 e. The summed E-state index contributed by atoms with van der Waals surface area (Å²) in [5, 5.41) is 5.70. The summed E-state index contributed by atoms with van der Waals surface area (Å²) in [6, 6.07) is 3.42. The fourth-order valence-corrected chi connectivity index (χ4v) is 1.20. The van der Waals surface area contributed by atoms with Crippen LogP contribution in [0.4, 0.5) is 0 Å². The Balaban J connectivity index is 2.46. The van der Waals surface area contributed by atoms with Crippen molar-refractivity contribution in [3.8, 4) is 0 Å². The van der Waals surface area contributed by atoms with Crippen molar-refractivity contribution in [1.29, 1.82) is 0 Å². The minimum absolute atomic E-state index is 0.194. The average Bonchev–Trinajstić information content (AvgIpc) is 2.53. The lowest BCUT2D eigenvalue weighted by atomic mass is 10.4. The van der Waals surface area contributed by atoms with E-state index in [9.17, 15) is 4.79 Å². The van der Waals surface area contributed by atoms with Gasteiger partial charge in [-0.25, -0.2) is 0 Å². The van der Waals surface area contributed by atoms with Crippen LogP contribution < -0.4 is 10.6 Å². The van der Waals surface area contributed by atoms with Crippen LogP contribution in [0.25, 0.3) is 0 Å². The first-order valence-electron chi connectivity index (χ1n) is 4.25. The zero-order chi connectivity index (χ0) is 10.6. The standard InChI is InChI=1S/C9H12N2O2S/c1-6(2)10-9(14)11-8(12)7-4-3-5-13-7/h3-6H,1-2H3,(H2,10,11,12,14). The molecule has 0 saturated carbocycles. The van der Waals surface area contributed by atoms with Crippen LogP contribution in [0.2, 0.25) is 0 Å². The van der Waals surface area contributed by atoms with Crippen LogP contribution in [0.15, 0.2) is 22.8 Å². The molecule has 0 aromatic carbocycles. The molecular weight excluding hydrogens is 200 g/mol. The summed E-state index contributed by atoms with van der Waals surface area (Å²) in [4.78, 5) is 11.4. The third kappa shape index (κ3) is 3.18. The van der Waals surface area contributed by atoms with Crippen molar-refractivity contribution in [2.24, 2.45) is 0 Å². The first-order chi connectivity index (χ1) is 6.59. The minimum Gasteiger partial charge on any atom is -0.459 e. The molecule has 0 aliphatic carbocycles. The number of rotatable bonds is 2. The second-order valence-corrected chi connectivity index (χ2v) is 3.47. The van der Waals surface area contributed by atoms with Gasteiger partial charge in [-0.15, -0.1) is 0 Å². The minimum atomic E-state index is -0.340. The van der Waals surface area contributed by atoms with Crippen molar-refractivity contribution >= 4 is 23.2 Å². The SMILES string of the molecule is CC(C)NC(=S)NC(=O)c1ccco1. The normalized spacial score (nSPS) is 9.93. The molecule has 0 radical (unpaired) electrons. The molecule has 76 valence electrons. The molecule has 1 amide bonds. The van der Waals surface area contributed by atoms with Crippen molar-refractivity contribution in [1.82, 2.24) is 10.6 Å². The van der Waals surface area contributed by atoms with E-state index in [2.05, 4.69) is 10.6 Å². The van der Waals surface area contributed by atoms with Crippen LogP contribution >= 0.6 is 12.2 Å². The Bertz CT molecular complexity index is 320. The number of thiocarbonyl (C=S) groups is 1. The zero-order valence-corrected chi connectivity index (χ0v) is 8.85. The third-order valence-electron chi connectivity index (χ3n) is 1.39. The highest BCUT2D eigenvalue weighted by atomic mass is 32.1. The fraction of sp³-hybridized carbons (Fsp3) is 0.333. The third-order valence-corrected chi connectivity index (χ3v) is 1.61. The molecule has 0 atom stereocenters. The van der Waals surface area contributed by atoms with E-state index in [1.807, 2.05) is 13.8 Å². The lowest BCUT2D eigenvalue weighted by Crippen LogP contribution is -2.42. The first-order valence-corrected chi connectivity index (χ1v) is 4.66. The van der Waals surface area contributed by atoms with Crippen molar-refractivity contribution in [2.75, 3.05) is 0 Å². The summed E-state index contributed by atoms with van der Waals surface area (Å²) in [6.45, 7) is 3.87. The lowest BCUT2D eigenvalue weighted by molar-refractivity contribution is 0.0949. The molecule has 0 aliphatic rings. The Labute approximate surface area is 87.7 Å². The molecule has 2 N–H and O–H groups in total. The maximum absolute atomic E-state index is 11.4. The Morgan fingerprint density at radius 1 is 1.57 bits per heavy atom. The molecule has 0 aliphatic heterocycles. The van der Waals surface area contributed by atoms with E-state index in [0.29, 0.717) is 5.11 Å². The van der Waals surface area contributed by atoms with Crippen LogP contribution in [0.3, 0.4) is 0 Å². The second-order valence-electron chi connectivity index (χ2n) is 3.06. The topological polar surface area (TPSA) is 54.3 Å². The van der Waals surface area contributed by atoms with Crippen molar-refractivity contribution in [3.63, 3.8) is 0 Å². The van der Waals surface area contributed by atoms with E-state index in [-0.39, 0.29) is 17.7 Å². The van der Waals surface area contributed by atoms with Crippen molar-refractivity contribution in [3.05, 3.63) is 24.2 Å². The predicted molar refractivity (Wildman–Crippen MR) is 57.0 cm³/mol. The van der Waals surface area contributed by atoms with Crippen LogP contribution in [0, 0.1) is 0 Å². The zero-order valence-electron chi connectivity index (χ0n) is 8.03. The molecule has 0 bridgehead atoms. The van der Waals surface area contributed by atoms with Crippen molar-refractivity contribution in [2.45, 2.75) is 19.9 Å². The molecule has 0 spiro atoms. The van der Waals surface area contributed by atoms with Gasteiger partial charge in [0.2, 0.25) is 0 Å². The van der Waals surface area contributed by atoms with Gasteiger partial charge in [0.25, 0.3) is 5.91 Å². The van der Waals surface area contributed by atoms with Gasteiger partial charge < -0.3 is 9.73 Å². The molecule has 1 aromatic rings. The summed E-state index contributed by atoms with van der Waals surface area (Å²) in [5.41, 5.74) is 0. The van der Waals surface area contributed by atoms with Gasteiger partial charge in [0.15, 0.2) is 10.9 Å². The van der Waals surface area contributed by atoms with Gasteiger partial charge in [-0.05, 0) is 38.2 Å². The highest BCUT2D eigenvalue weighted by molar-refractivity contribution is 7.80. The number of carbonyl (C=O) groups excluding carboxylic acids is 1. The van der Waals surface area contributed by atoms with Gasteiger partial charge in [-0.2, -0.15) is 0 Å². The molecule has 1 aromatic heterocycles. The summed E-state index contributed by atoms with van der Waals surface area (Å²) in [7, 11) is 0. The number of carbonyl (C=O) groups is 1. The van der Waals surface area contributed by atoms with Gasteiger partial charge >= 0.3 is 0 Å². The second kappa shape index (κ2) is 4.76. The molecule has 0 saturated heterocycles. The smallest absolute Gasteiger partial charge is 0.293 e. The van der Waals surface area contributed by atoms with Gasteiger partial charge in [-0.1, -0.05) is 0 Å². The maximum Gasteiger partial charge on any atom is 0.293 e. The molecular formula is C9H12N2O2S. The summed E-state index contributed by atoms with van der Waals surface area (Å²) in [5.74, 6) is -0.0916. The summed E-state index contributed by atoms with van der Waals surface area (Å²) < 4.78 is 4.90. The summed E-state index contributed by atoms with van der Waals surface area (Å²) in [6.07, 6.45) is 1.44. The van der Waals surface area contributed by atoms with Gasteiger partial charge in [-0.3, -0.25) is 10.1 Å². The molecule has 4 nitrogen and oxygen atoms in total. The number of hydrogen-bond donors (Lipinski definition) is 2. The maximum atomic E-state index is 11.4. The van der Waals surface area contributed by atoms with Crippen LogP contribution in [0.5, 0.6) is 0 Å². The van der Waals surface area contributed by atoms with E-state index in [0.717, 1.165) is 0 Å². The molecule has 5 heteroatoms. The highest BCUT2D eigenvalue weighted by Gasteiger charge is 2.09. The quantitative estimate of drug-likeness (QED) is 0.725. The Morgan fingerprint density at radius 2 is 2.29 bits per heavy atom. The molecule has 1 heterocycles. The molecule has 0 fully saturated rings. The Morgan fingerprint density at radius 3 is 2.79 bits per heavy atom. The van der Waals surface area contributed by atoms with E-state index in [1.54, 1.807) is 12.1 Å². The van der Waals surface area contributed by atoms with Gasteiger partial charge in [0.05, 0.1) is 6.26 Å². The van der Waals surface area contributed by atoms with Gasteiger partial charge in [0.1, 0.15) is 0 Å². The molecule has 14 heavy (non-hydrogen) atoms. The Hall–Kier alpha value is -1.36. The predicted octanol–water partition coefficient (Wildman–Crippen LogP) is 1.29. The summed E-state index contributed by atoms with van der Waals surface area (Å²) >= 11 is 4.90. The van der Waals surface area contributed by atoms with E-state index >= 15 is 0 Å². The number of furan rings is 1. The van der Waals surface area contributed by atoms with Crippen LogP contribution in [0.1, 0.15) is 24.4 Å². The fourth-order valence-electron chi connectivity index (χ4n) is 0.871. The lowest BCUT2D eigenvalue weighted by Gasteiger charge is -2.10. The molecule has 1 rings (SSSR count). The number of nitrogens with one attached hydrogen (secondary N) is 2. The average molecular weight is 212 g/mol.